The minimum atomic E-state index is -3.23. The first-order valence-electron chi connectivity index (χ1n) is 9.06. The van der Waals surface area contributed by atoms with E-state index in [1.54, 1.807) is 38.3 Å². The number of hydrogen-bond acceptors (Lipinski definition) is 10. The summed E-state index contributed by atoms with van der Waals surface area (Å²) in [6, 6.07) is 0. The van der Waals surface area contributed by atoms with Gasteiger partial charge >= 0.3 is 7.60 Å². The summed E-state index contributed by atoms with van der Waals surface area (Å²) in [5, 5.41) is 1.64. The molecule has 0 saturated carbocycles. The number of nitrogens with one attached hydrogen (secondary N) is 1. The van der Waals surface area contributed by atoms with Crippen molar-refractivity contribution >= 4 is 37.4 Å². The molecule has 28 heavy (non-hydrogen) atoms. The molecule has 0 bridgehead atoms. The highest BCUT2D eigenvalue weighted by Crippen LogP contribution is 2.50. The van der Waals surface area contributed by atoms with Gasteiger partial charge in [-0.05, 0) is 32.8 Å². The topological polar surface area (TPSA) is 104 Å². The fourth-order valence-corrected chi connectivity index (χ4v) is 4.48. The van der Waals surface area contributed by atoms with E-state index in [1.807, 2.05) is 4.57 Å². The second-order valence-corrected chi connectivity index (χ2v) is 8.20. The number of nitrogens with zero attached hydrogens (tertiary/aromatic N) is 5. The molecule has 1 aliphatic rings. The third-order valence-electron chi connectivity index (χ3n) is 4.25. The predicted octanol–water partition coefficient (Wildman–Crippen LogP) is 3.07. The second kappa shape index (κ2) is 9.34. The summed E-state index contributed by atoms with van der Waals surface area (Å²) in [4.78, 5) is 15.7. The minimum Gasteiger partial charge on any atom is -0.351 e. The van der Waals surface area contributed by atoms with E-state index in [0.29, 0.717) is 30.2 Å². The molecule has 12 heteroatoms. The van der Waals surface area contributed by atoms with Crippen LogP contribution in [0.15, 0.2) is 24.5 Å². The molecule has 1 N–H and O–H groups in total. The SMILES string of the molecule is CCOP(=O)(/C=C/[C@@H]1CC[C@H](n2cnc3c(N(C)NS)ncnc32)O1)OCC. The van der Waals surface area contributed by atoms with Crippen molar-refractivity contribution in [2.75, 3.05) is 25.3 Å². The minimum absolute atomic E-state index is 0.195. The van der Waals surface area contributed by atoms with Crippen LogP contribution in [-0.4, -0.2) is 45.9 Å². The Balaban J connectivity index is 1.75. The highest BCUT2D eigenvalue weighted by Gasteiger charge is 2.28. The van der Waals surface area contributed by atoms with Gasteiger partial charge in [0.1, 0.15) is 12.6 Å². The highest BCUT2D eigenvalue weighted by atomic mass is 32.1. The molecule has 0 unspecified atom stereocenters. The van der Waals surface area contributed by atoms with Crippen LogP contribution in [0.1, 0.15) is 32.9 Å². The van der Waals surface area contributed by atoms with Gasteiger partial charge in [0, 0.05) is 12.9 Å². The normalized spacial score (nSPS) is 20.4. The van der Waals surface area contributed by atoms with Crippen LogP contribution < -0.4 is 9.84 Å². The molecule has 0 amide bonds. The van der Waals surface area contributed by atoms with Gasteiger partial charge in [-0.15, -0.1) is 0 Å². The molecule has 2 aromatic rings. The third-order valence-corrected chi connectivity index (χ3v) is 6.32. The maximum atomic E-state index is 12.5. The first-order valence-corrected chi connectivity index (χ1v) is 11.1. The van der Waals surface area contributed by atoms with Crippen LogP contribution in [0.25, 0.3) is 11.2 Å². The first-order chi connectivity index (χ1) is 13.5. The maximum absolute atomic E-state index is 12.5. The lowest BCUT2D eigenvalue weighted by atomic mass is 10.2. The number of fused-ring (bicyclic) bond motifs is 1. The number of rotatable bonds is 9. The van der Waals surface area contributed by atoms with E-state index < -0.39 is 7.60 Å². The first kappa shape index (κ1) is 21.2. The van der Waals surface area contributed by atoms with Gasteiger partial charge in [0.2, 0.25) is 0 Å². The molecule has 0 aromatic carbocycles. The molecule has 1 saturated heterocycles. The average Bonchev–Trinajstić information content (AvgIpc) is 3.32. The fraction of sp³-hybridized carbons (Fsp3) is 0.562. The summed E-state index contributed by atoms with van der Waals surface area (Å²) in [7, 11) is -1.44. The van der Waals surface area contributed by atoms with Crippen LogP contribution in [0, 0.1) is 0 Å². The molecule has 3 rings (SSSR count). The molecular formula is C16H25N6O4PS. The van der Waals surface area contributed by atoms with Gasteiger partial charge in [-0.2, -0.15) is 4.83 Å². The summed E-state index contributed by atoms with van der Waals surface area (Å²) >= 11 is 4.04. The number of hydrogen-bond donors (Lipinski definition) is 2. The van der Waals surface area contributed by atoms with Crippen molar-refractivity contribution in [3.8, 4) is 0 Å². The van der Waals surface area contributed by atoms with E-state index in [4.69, 9.17) is 13.8 Å². The zero-order valence-electron chi connectivity index (χ0n) is 16.1. The Morgan fingerprint density at radius 1 is 1.36 bits per heavy atom. The third kappa shape index (κ3) is 4.56. The van der Waals surface area contributed by atoms with Crippen molar-refractivity contribution in [3.05, 3.63) is 24.5 Å². The number of ether oxygens (including phenoxy) is 1. The van der Waals surface area contributed by atoms with Crippen molar-refractivity contribution < 1.29 is 18.3 Å². The molecular weight excluding hydrogens is 403 g/mol. The molecule has 0 spiro atoms. The lowest BCUT2D eigenvalue weighted by Gasteiger charge is -2.16. The molecule has 0 aliphatic carbocycles. The number of thiol groups is 1. The second-order valence-electron chi connectivity index (χ2n) is 6.10. The Kier molecular flexibility index (Phi) is 7.08. The van der Waals surface area contributed by atoms with Crippen LogP contribution in [0.3, 0.4) is 0 Å². The van der Waals surface area contributed by atoms with Gasteiger partial charge in [-0.25, -0.2) is 15.0 Å². The Bertz CT molecular complexity index is 868. The van der Waals surface area contributed by atoms with Crippen molar-refractivity contribution in [1.82, 2.24) is 24.4 Å². The standard InChI is InChI=1S/C16H25N6O4PS/c1-4-24-27(23,25-5-2)9-8-12-6-7-13(26-12)22-11-19-14-15(21(3)20-28)17-10-18-16(14)22/h8-13,20,28H,4-7H2,1-3H3/b9-8+/t12-,13+/m0/s1. The van der Waals surface area contributed by atoms with Gasteiger partial charge in [-0.1, -0.05) is 12.8 Å². The molecule has 0 radical (unpaired) electrons. The molecule has 154 valence electrons. The van der Waals surface area contributed by atoms with Crippen molar-refractivity contribution in [2.45, 2.75) is 39.0 Å². The molecule has 1 fully saturated rings. The summed E-state index contributed by atoms with van der Waals surface area (Å²) in [5.41, 5.74) is 1.32. The zero-order valence-corrected chi connectivity index (χ0v) is 17.8. The fourth-order valence-electron chi connectivity index (χ4n) is 3.02. The number of hydrazine groups is 1. The Labute approximate surface area is 169 Å². The van der Waals surface area contributed by atoms with Gasteiger partial charge in [0.05, 0.1) is 25.6 Å². The van der Waals surface area contributed by atoms with Crippen molar-refractivity contribution in [1.29, 1.82) is 0 Å². The van der Waals surface area contributed by atoms with Gasteiger partial charge in [0.25, 0.3) is 0 Å². The van der Waals surface area contributed by atoms with Gasteiger partial charge in [0.15, 0.2) is 17.0 Å². The molecule has 2 atom stereocenters. The van der Waals surface area contributed by atoms with Crippen molar-refractivity contribution in [2.24, 2.45) is 0 Å². The van der Waals surface area contributed by atoms with E-state index in [0.717, 1.165) is 12.8 Å². The van der Waals surface area contributed by atoms with E-state index in [2.05, 4.69) is 32.6 Å². The highest BCUT2D eigenvalue weighted by molar-refractivity contribution is 7.78. The van der Waals surface area contributed by atoms with Crippen LogP contribution in [0.4, 0.5) is 5.82 Å². The van der Waals surface area contributed by atoms with Crippen molar-refractivity contribution in [3.63, 3.8) is 0 Å². The summed E-state index contributed by atoms with van der Waals surface area (Å²) in [5.74, 6) is 2.11. The van der Waals surface area contributed by atoms with E-state index in [1.165, 1.54) is 12.1 Å². The van der Waals surface area contributed by atoms with E-state index in [9.17, 15) is 4.57 Å². The summed E-state index contributed by atoms with van der Waals surface area (Å²) < 4.78 is 31.1. The monoisotopic (exact) mass is 428 g/mol. The lowest BCUT2D eigenvalue weighted by molar-refractivity contribution is 0.0258. The number of aromatic nitrogens is 4. The molecule has 10 nitrogen and oxygen atoms in total. The van der Waals surface area contributed by atoms with Crippen LogP contribution >= 0.6 is 20.4 Å². The van der Waals surface area contributed by atoms with E-state index >= 15 is 0 Å². The molecule has 3 heterocycles. The largest absolute Gasteiger partial charge is 0.353 e. The van der Waals surface area contributed by atoms with Crippen LogP contribution in [-0.2, 0) is 18.3 Å². The predicted molar refractivity (Wildman–Crippen MR) is 109 cm³/mol. The summed E-state index contributed by atoms with van der Waals surface area (Å²) in [6.45, 7) is 4.19. The van der Waals surface area contributed by atoms with Gasteiger partial charge < -0.3 is 13.8 Å². The Hall–Kier alpha value is -1.49. The van der Waals surface area contributed by atoms with Crippen LogP contribution in [0.2, 0.25) is 0 Å². The Morgan fingerprint density at radius 3 is 2.79 bits per heavy atom. The number of anilines is 1. The average molecular weight is 428 g/mol. The van der Waals surface area contributed by atoms with Crippen LogP contribution in [0.5, 0.6) is 0 Å². The molecule has 2 aromatic heterocycles. The Morgan fingerprint density at radius 2 is 2.11 bits per heavy atom. The lowest BCUT2D eigenvalue weighted by Crippen LogP contribution is -2.27. The van der Waals surface area contributed by atoms with Gasteiger partial charge in [-0.3, -0.25) is 14.1 Å². The quantitative estimate of drug-likeness (QED) is 0.354. The molecule has 1 aliphatic heterocycles. The van der Waals surface area contributed by atoms with E-state index in [-0.39, 0.29) is 12.3 Å². The summed E-state index contributed by atoms with van der Waals surface area (Å²) in [6.07, 6.45) is 6.05. The zero-order chi connectivity index (χ0) is 20.1. The number of imidazole rings is 1. The maximum Gasteiger partial charge on any atom is 0.353 e. The smallest absolute Gasteiger partial charge is 0.351 e.